The number of rotatable bonds is 7. The Bertz CT molecular complexity index is 1540. The minimum absolute atomic E-state index is 0.287. The van der Waals surface area contributed by atoms with Gasteiger partial charge in [0.25, 0.3) is 0 Å². The Kier molecular flexibility index (Phi) is 6.74. The molecule has 1 fully saturated rings. The molecule has 0 bridgehead atoms. The number of carbonyl (C=O) groups is 1. The number of aromatic nitrogens is 4. The molecule has 0 aliphatic carbocycles. The average Bonchev–Trinajstić information content (AvgIpc) is 3.59. The highest BCUT2D eigenvalue weighted by Crippen LogP contribution is 2.34. The van der Waals surface area contributed by atoms with Gasteiger partial charge in [0.15, 0.2) is 5.82 Å². The zero-order valence-electron chi connectivity index (χ0n) is 22.4. The van der Waals surface area contributed by atoms with Crippen LogP contribution in [-0.4, -0.2) is 63.3 Å². The predicted octanol–water partition coefficient (Wildman–Crippen LogP) is 4.28. The van der Waals surface area contributed by atoms with Gasteiger partial charge in [-0.25, -0.2) is 4.68 Å². The average molecular weight is 524 g/mol. The fraction of sp³-hybridized carbons (Fsp3) is 0.333. The molecule has 1 atom stereocenters. The van der Waals surface area contributed by atoms with Gasteiger partial charge >= 0.3 is 6.01 Å². The van der Waals surface area contributed by atoms with Crippen LogP contribution in [-0.2, 0) is 17.8 Å². The van der Waals surface area contributed by atoms with E-state index in [0.717, 1.165) is 37.2 Å². The summed E-state index contributed by atoms with van der Waals surface area (Å²) < 4.78 is 7.90. The first-order chi connectivity index (χ1) is 19.0. The van der Waals surface area contributed by atoms with E-state index in [2.05, 4.69) is 77.2 Å². The van der Waals surface area contributed by atoms with Crippen molar-refractivity contribution < 1.29 is 9.53 Å². The fourth-order valence-electron chi connectivity index (χ4n) is 5.67. The summed E-state index contributed by atoms with van der Waals surface area (Å²) in [5.41, 5.74) is 5.01. The van der Waals surface area contributed by atoms with E-state index in [1.807, 2.05) is 0 Å². The maximum absolute atomic E-state index is 11.8. The fourth-order valence-corrected chi connectivity index (χ4v) is 5.67. The molecule has 1 N–H and O–H groups in total. The first kappa shape index (κ1) is 25.1. The number of benzene rings is 2. The van der Waals surface area contributed by atoms with Crippen LogP contribution in [0.3, 0.4) is 0 Å². The lowest BCUT2D eigenvalue weighted by Crippen LogP contribution is -2.33. The molecule has 2 aliphatic heterocycles. The third-order valence-corrected chi connectivity index (χ3v) is 7.78. The summed E-state index contributed by atoms with van der Waals surface area (Å²) in [6, 6.07) is 13.6. The van der Waals surface area contributed by atoms with Gasteiger partial charge in [0.05, 0.1) is 30.3 Å². The lowest BCUT2D eigenvalue weighted by atomic mass is 10.00. The molecule has 0 radical (unpaired) electrons. The van der Waals surface area contributed by atoms with Crippen LogP contribution in [0.15, 0.2) is 61.4 Å². The van der Waals surface area contributed by atoms with Gasteiger partial charge in [0.1, 0.15) is 6.61 Å². The second kappa shape index (κ2) is 10.5. The number of hydrogen-bond acceptors (Lipinski definition) is 7. The Morgan fingerprint density at radius 1 is 1.21 bits per heavy atom. The van der Waals surface area contributed by atoms with E-state index in [1.165, 1.54) is 34.5 Å². The van der Waals surface area contributed by atoms with Crippen molar-refractivity contribution in [2.24, 2.45) is 0 Å². The SMILES string of the molecule is C=CC(=O)Nc1cnn(-c2nc(OC[C@@H]3CCCN3C)nc3c2CCN(c2cccc4cccc(C)c24)C3)c1. The second-order valence-electron chi connectivity index (χ2n) is 10.3. The molecule has 9 heteroatoms. The molecule has 2 aromatic heterocycles. The highest BCUT2D eigenvalue weighted by Gasteiger charge is 2.27. The van der Waals surface area contributed by atoms with Crippen molar-refractivity contribution in [3.8, 4) is 11.8 Å². The van der Waals surface area contributed by atoms with E-state index in [9.17, 15) is 4.79 Å². The summed E-state index contributed by atoms with van der Waals surface area (Å²) in [5.74, 6) is 0.396. The monoisotopic (exact) mass is 523 g/mol. The van der Waals surface area contributed by atoms with Gasteiger partial charge in [-0.3, -0.25) is 4.79 Å². The first-order valence-electron chi connectivity index (χ1n) is 13.4. The standard InChI is InChI=1S/C30H33N7O2/c1-4-27(38)32-22-16-31-37(17-22)29-24-13-15-36(26-12-6-10-21-9-5-8-20(2)28(21)26)18-25(24)33-30(34-29)39-19-23-11-7-14-35(23)3/h4-6,8-10,12,16-17,23H,1,7,11,13-15,18-19H2,2-3H3,(H,32,38)/t23-/m0/s1. The Hall–Kier alpha value is -4.24. The summed E-state index contributed by atoms with van der Waals surface area (Å²) >= 11 is 0. The minimum Gasteiger partial charge on any atom is -0.462 e. The van der Waals surface area contributed by atoms with Gasteiger partial charge in [0.2, 0.25) is 5.91 Å². The summed E-state index contributed by atoms with van der Waals surface area (Å²) in [6.45, 7) is 8.77. The molecule has 0 spiro atoms. The summed E-state index contributed by atoms with van der Waals surface area (Å²) in [6.07, 6.45) is 7.64. The number of amides is 1. The summed E-state index contributed by atoms with van der Waals surface area (Å²) in [5, 5.41) is 9.77. The molecule has 1 saturated heterocycles. The van der Waals surface area contributed by atoms with Crippen LogP contribution in [0, 0.1) is 6.92 Å². The maximum Gasteiger partial charge on any atom is 0.318 e. The van der Waals surface area contributed by atoms with E-state index in [-0.39, 0.29) is 5.91 Å². The number of hydrogen-bond donors (Lipinski definition) is 1. The minimum atomic E-state index is -0.287. The first-order valence-corrected chi connectivity index (χ1v) is 13.4. The van der Waals surface area contributed by atoms with Gasteiger partial charge in [-0.1, -0.05) is 36.9 Å². The van der Waals surface area contributed by atoms with E-state index < -0.39 is 0 Å². The lowest BCUT2D eigenvalue weighted by molar-refractivity contribution is -0.111. The number of anilines is 2. The lowest BCUT2D eigenvalue weighted by Gasteiger charge is -2.32. The van der Waals surface area contributed by atoms with E-state index in [4.69, 9.17) is 14.7 Å². The van der Waals surface area contributed by atoms with Crippen LogP contribution < -0.4 is 15.0 Å². The quantitative estimate of drug-likeness (QED) is 0.362. The summed E-state index contributed by atoms with van der Waals surface area (Å²) in [4.78, 5) is 26.3. The number of carbonyl (C=O) groups excluding carboxylic acids is 1. The summed E-state index contributed by atoms with van der Waals surface area (Å²) in [7, 11) is 2.13. The molecule has 2 aliphatic rings. The molecule has 1 amide bonds. The van der Waals surface area contributed by atoms with Crippen LogP contribution in [0.25, 0.3) is 16.6 Å². The topological polar surface area (TPSA) is 88.4 Å². The van der Waals surface area contributed by atoms with Crippen molar-refractivity contribution >= 4 is 28.1 Å². The molecule has 0 saturated carbocycles. The van der Waals surface area contributed by atoms with Crippen LogP contribution >= 0.6 is 0 Å². The van der Waals surface area contributed by atoms with Crippen molar-refractivity contribution in [2.75, 3.05) is 37.0 Å². The third-order valence-electron chi connectivity index (χ3n) is 7.78. The van der Waals surface area contributed by atoms with Crippen molar-refractivity contribution in [1.29, 1.82) is 0 Å². The van der Waals surface area contributed by atoms with Crippen LogP contribution in [0.2, 0.25) is 0 Å². The smallest absolute Gasteiger partial charge is 0.318 e. The molecule has 0 unspecified atom stereocenters. The molecule has 4 aromatic rings. The Morgan fingerprint density at radius 3 is 2.85 bits per heavy atom. The molecule has 9 nitrogen and oxygen atoms in total. The van der Waals surface area contributed by atoms with Gasteiger partial charge in [-0.15, -0.1) is 0 Å². The number of nitrogens with one attached hydrogen (secondary N) is 1. The number of likely N-dealkylation sites (tertiary alicyclic amines) is 1. The Balaban J connectivity index is 1.36. The zero-order chi connectivity index (χ0) is 26.9. The van der Waals surface area contributed by atoms with Crippen LogP contribution in [0.4, 0.5) is 11.4 Å². The highest BCUT2D eigenvalue weighted by molar-refractivity contribution is 5.98. The Morgan fingerprint density at radius 2 is 2.05 bits per heavy atom. The molecule has 6 rings (SSSR count). The van der Waals surface area contributed by atoms with Crippen molar-refractivity contribution in [3.63, 3.8) is 0 Å². The second-order valence-corrected chi connectivity index (χ2v) is 10.3. The van der Waals surface area contributed by atoms with E-state index in [0.29, 0.717) is 36.7 Å². The maximum atomic E-state index is 11.8. The van der Waals surface area contributed by atoms with E-state index in [1.54, 1.807) is 17.1 Å². The molecule has 200 valence electrons. The number of nitrogens with zero attached hydrogens (tertiary/aromatic N) is 6. The molecule has 39 heavy (non-hydrogen) atoms. The molecular weight excluding hydrogens is 490 g/mol. The highest BCUT2D eigenvalue weighted by atomic mass is 16.5. The van der Waals surface area contributed by atoms with E-state index >= 15 is 0 Å². The third kappa shape index (κ3) is 4.97. The van der Waals surface area contributed by atoms with Crippen LogP contribution in [0.5, 0.6) is 6.01 Å². The van der Waals surface area contributed by atoms with Gasteiger partial charge in [-0.05, 0) is 62.9 Å². The Labute approximate surface area is 228 Å². The van der Waals surface area contributed by atoms with Gasteiger partial charge < -0.3 is 19.9 Å². The number of fused-ring (bicyclic) bond motifs is 2. The largest absolute Gasteiger partial charge is 0.462 e. The number of aryl methyl sites for hydroxylation is 1. The molecular formula is C30H33N7O2. The van der Waals surface area contributed by atoms with Crippen molar-refractivity contribution in [3.05, 3.63) is 78.3 Å². The number of likely N-dealkylation sites (N-methyl/N-ethyl adjacent to an activating group) is 1. The van der Waals surface area contributed by atoms with Gasteiger partial charge in [0, 0.05) is 29.2 Å². The molecule has 2 aromatic carbocycles. The molecule has 4 heterocycles. The van der Waals surface area contributed by atoms with Crippen molar-refractivity contribution in [1.82, 2.24) is 24.6 Å². The normalized spacial score (nSPS) is 17.3. The van der Waals surface area contributed by atoms with Crippen molar-refractivity contribution in [2.45, 2.75) is 38.8 Å². The number of ether oxygens (including phenoxy) is 1. The van der Waals surface area contributed by atoms with Gasteiger partial charge in [-0.2, -0.15) is 15.1 Å². The predicted molar refractivity (Wildman–Crippen MR) is 153 cm³/mol. The van der Waals surface area contributed by atoms with Crippen LogP contribution in [0.1, 0.15) is 29.7 Å². The zero-order valence-corrected chi connectivity index (χ0v) is 22.4.